The molecule has 0 aromatic heterocycles. The smallest absolute Gasteiger partial charge is 0.0841 e. The van der Waals surface area contributed by atoms with Crippen LogP contribution in [0.5, 0.6) is 0 Å². The van der Waals surface area contributed by atoms with Crippen molar-refractivity contribution in [2.24, 2.45) is 0 Å². The van der Waals surface area contributed by atoms with Gasteiger partial charge in [0.25, 0.3) is 0 Å². The van der Waals surface area contributed by atoms with Crippen molar-refractivity contribution >= 4 is 0 Å². The molecule has 1 heterocycles. The lowest BCUT2D eigenvalue weighted by atomic mass is 9.94. The van der Waals surface area contributed by atoms with E-state index in [2.05, 4.69) is 0 Å². The molecule has 0 aromatic rings. The van der Waals surface area contributed by atoms with E-state index >= 15 is 0 Å². The number of ether oxygens (including phenoxy) is 2. The first-order valence-electron chi connectivity index (χ1n) is 4.85. The molecule has 0 bridgehead atoms. The summed E-state index contributed by atoms with van der Waals surface area (Å²) in [6.45, 7) is 1.54. The third-order valence-corrected chi connectivity index (χ3v) is 2.62. The van der Waals surface area contributed by atoms with Crippen molar-refractivity contribution in [3.05, 3.63) is 12.2 Å². The summed E-state index contributed by atoms with van der Waals surface area (Å²) in [5, 5.41) is 0. The van der Waals surface area contributed by atoms with E-state index in [1.165, 1.54) is 25.7 Å². The molecule has 2 atom stereocenters. The average Bonchev–Trinajstić information content (AvgIpc) is 2.06. The van der Waals surface area contributed by atoms with Gasteiger partial charge in [-0.05, 0) is 12.8 Å². The summed E-state index contributed by atoms with van der Waals surface area (Å²) in [6, 6.07) is 0. The van der Waals surface area contributed by atoms with Crippen LogP contribution in [0.25, 0.3) is 0 Å². The normalized spacial score (nSPS) is 39.3. The van der Waals surface area contributed by atoms with Crippen LogP contribution in [0.1, 0.15) is 25.7 Å². The summed E-state index contributed by atoms with van der Waals surface area (Å²) in [7, 11) is 0. The van der Waals surface area contributed by atoms with E-state index in [9.17, 15) is 0 Å². The fourth-order valence-electron chi connectivity index (χ4n) is 1.94. The lowest BCUT2D eigenvalue weighted by molar-refractivity contribution is -0.0827. The first-order valence-corrected chi connectivity index (χ1v) is 4.85. The van der Waals surface area contributed by atoms with Crippen LogP contribution in [0, 0.1) is 0 Å². The SMILES string of the molecule is C1=C\CO[C@H]2CCCC[C@@H]2OC/1. The second kappa shape index (κ2) is 4.06. The molecule has 0 saturated heterocycles. The van der Waals surface area contributed by atoms with E-state index in [0.717, 1.165) is 13.2 Å². The van der Waals surface area contributed by atoms with E-state index in [4.69, 9.17) is 9.47 Å². The van der Waals surface area contributed by atoms with Crippen molar-refractivity contribution in [3.63, 3.8) is 0 Å². The maximum absolute atomic E-state index is 5.68. The van der Waals surface area contributed by atoms with E-state index in [1.807, 2.05) is 12.2 Å². The van der Waals surface area contributed by atoms with Gasteiger partial charge in [-0.2, -0.15) is 0 Å². The minimum absolute atomic E-state index is 0.365. The van der Waals surface area contributed by atoms with Crippen LogP contribution in [0.2, 0.25) is 0 Å². The monoisotopic (exact) mass is 168 g/mol. The van der Waals surface area contributed by atoms with Gasteiger partial charge in [-0.3, -0.25) is 0 Å². The molecule has 68 valence electrons. The molecular formula is C10H16O2. The van der Waals surface area contributed by atoms with Crippen LogP contribution in [0.4, 0.5) is 0 Å². The Balaban J connectivity index is 1.95. The van der Waals surface area contributed by atoms with E-state index < -0.39 is 0 Å². The van der Waals surface area contributed by atoms with E-state index in [1.54, 1.807) is 0 Å². The topological polar surface area (TPSA) is 18.5 Å². The van der Waals surface area contributed by atoms with Crippen LogP contribution < -0.4 is 0 Å². The average molecular weight is 168 g/mol. The van der Waals surface area contributed by atoms with Crippen LogP contribution in [-0.2, 0) is 9.47 Å². The highest BCUT2D eigenvalue weighted by molar-refractivity contribution is 4.87. The Morgan fingerprint density at radius 3 is 1.83 bits per heavy atom. The second-order valence-corrected chi connectivity index (χ2v) is 3.50. The second-order valence-electron chi connectivity index (χ2n) is 3.50. The predicted molar refractivity (Wildman–Crippen MR) is 47.1 cm³/mol. The number of rotatable bonds is 0. The molecular weight excluding hydrogens is 152 g/mol. The third kappa shape index (κ3) is 1.87. The molecule has 1 saturated carbocycles. The van der Waals surface area contributed by atoms with Gasteiger partial charge < -0.3 is 9.47 Å². The molecule has 1 aliphatic heterocycles. The van der Waals surface area contributed by atoms with Gasteiger partial charge in [-0.25, -0.2) is 0 Å². The summed E-state index contributed by atoms with van der Waals surface area (Å²) in [5.74, 6) is 0. The Morgan fingerprint density at radius 1 is 0.833 bits per heavy atom. The van der Waals surface area contributed by atoms with Crippen molar-refractivity contribution < 1.29 is 9.47 Å². The summed E-state index contributed by atoms with van der Waals surface area (Å²) >= 11 is 0. The first kappa shape index (κ1) is 8.27. The van der Waals surface area contributed by atoms with Crippen LogP contribution in [0.15, 0.2) is 12.2 Å². The highest BCUT2D eigenvalue weighted by Crippen LogP contribution is 2.24. The maximum Gasteiger partial charge on any atom is 0.0841 e. The molecule has 0 radical (unpaired) electrons. The van der Waals surface area contributed by atoms with Crippen LogP contribution in [-0.4, -0.2) is 25.4 Å². The minimum atomic E-state index is 0.365. The Hall–Kier alpha value is -0.340. The van der Waals surface area contributed by atoms with Crippen molar-refractivity contribution in [1.29, 1.82) is 0 Å². The zero-order valence-corrected chi connectivity index (χ0v) is 7.37. The fraction of sp³-hybridized carbons (Fsp3) is 0.800. The van der Waals surface area contributed by atoms with E-state index in [-0.39, 0.29) is 0 Å². The summed E-state index contributed by atoms with van der Waals surface area (Å²) < 4.78 is 11.4. The van der Waals surface area contributed by atoms with Gasteiger partial charge in [0.2, 0.25) is 0 Å². The molecule has 2 rings (SSSR count). The number of hydrogen-bond donors (Lipinski definition) is 0. The Kier molecular flexibility index (Phi) is 2.79. The molecule has 2 aliphatic rings. The molecule has 1 fully saturated rings. The molecule has 2 heteroatoms. The van der Waals surface area contributed by atoms with Gasteiger partial charge in [-0.15, -0.1) is 0 Å². The van der Waals surface area contributed by atoms with Crippen molar-refractivity contribution in [2.75, 3.05) is 13.2 Å². The van der Waals surface area contributed by atoms with Gasteiger partial charge in [-0.1, -0.05) is 25.0 Å². The quantitative estimate of drug-likeness (QED) is 0.514. The van der Waals surface area contributed by atoms with Crippen molar-refractivity contribution in [1.82, 2.24) is 0 Å². The fourth-order valence-corrected chi connectivity index (χ4v) is 1.94. The molecule has 12 heavy (non-hydrogen) atoms. The number of fused-ring (bicyclic) bond motifs is 1. The summed E-state index contributed by atoms with van der Waals surface area (Å²) in [6.07, 6.45) is 9.78. The molecule has 0 unspecified atom stereocenters. The molecule has 0 N–H and O–H groups in total. The molecule has 0 aromatic carbocycles. The molecule has 0 spiro atoms. The number of hydrogen-bond acceptors (Lipinski definition) is 2. The zero-order valence-electron chi connectivity index (χ0n) is 7.37. The highest BCUT2D eigenvalue weighted by Gasteiger charge is 2.26. The van der Waals surface area contributed by atoms with Gasteiger partial charge >= 0.3 is 0 Å². The standard InChI is InChI=1S/C10H16O2/c1-2-6-10-9(5-1)11-7-3-4-8-12-10/h3-4,9-10H,1-2,5-8H2/b4-3-/t9-,10-/m0/s1. The van der Waals surface area contributed by atoms with Gasteiger partial charge in [0.1, 0.15) is 0 Å². The Labute approximate surface area is 73.5 Å². The van der Waals surface area contributed by atoms with Gasteiger partial charge in [0.05, 0.1) is 25.4 Å². The molecule has 1 aliphatic carbocycles. The molecule has 0 amide bonds. The largest absolute Gasteiger partial charge is 0.371 e. The summed E-state index contributed by atoms with van der Waals surface area (Å²) in [4.78, 5) is 0. The summed E-state index contributed by atoms with van der Waals surface area (Å²) in [5.41, 5.74) is 0. The lowest BCUT2D eigenvalue weighted by Gasteiger charge is -2.31. The van der Waals surface area contributed by atoms with Crippen LogP contribution in [0.3, 0.4) is 0 Å². The van der Waals surface area contributed by atoms with Gasteiger partial charge in [0.15, 0.2) is 0 Å². The van der Waals surface area contributed by atoms with E-state index in [0.29, 0.717) is 12.2 Å². The Bertz CT molecular complexity index is 147. The zero-order chi connectivity index (χ0) is 8.23. The lowest BCUT2D eigenvalue weighted by Crippen LogP contribution is -2.35. The first-order chi connectivity index (χ1) is 5.97. The predicted octanol–water partition coefficient (Wildman–Crippen LogP) is 1.90. The Morgan fingerprint density at radius 2 is 1.33 bits per heavy atom. The maximum atomic E-state index is 5.68. The van der Waals surface area contributed by atoms with Crippen molar-refractivity contribution in [3.8, 4) is 0 Å². The van der Waals surface area contributed by atoms with Crippen LogP contribution >= 0.6 is 0 Å². The van der Waals surface area contributed by atoms with Gasteiger partial charge in [0, 0.05) is 0 Å². The highest BCUT2D eigenvalue weighted by atomic mass is 16.5. The minimum Gasteiger partial charge on any atom is -0.371 e. The third-order valence-electron chi connectivity index (χ3n) is 2.62. The van der Waals surface area contributed by atoms with Crippen molar-refractivity contribution in [2.45, 2.75) is 37.9 Å². The molecule has 2 nitrogen and oxygen atoms in total.